The molecule has 0 saturated heterocycles. The van der Waals surface area contributed by atoms with Crippen LogP contribution in [0.15, 0.2) is 42.5 Å². The number of carbonyl (C=O) groups excluding carboxylic acids is 1. The number of aromatic nitrogens is 2. The lowest BCUT2D eigenvalue weighted by Crippen LogP contribution is -2.12. The largest absolute Gasteiger partial charge is 0.492 e. The summed E-state index contributed by atoms with van der Waals surface area (Å²) in [4.78, 5) is 12.3. The molecule has 0 atom stereocenters. The Morgan fingerprint density at radius 1 is 1.19 bits per heavy atom. The van der Waals surface area contributed by atoms with Crippen LogP contribution in [0.25, 0.3) is 11.0 Å². The van der Waals surface area contributed by atoms with Crippen LogP contribution >= 0.6 is 11.7 Å². The first kappa shape index (κ1) is 13.5. The third-order valence-electron chi connectivity index (χ3n) is 2.95. The Morgan fingerprint density at radius 2 is 2.00 bits per heavy atom. The molecular weight excluding hydrogens is 286 g/mol. The number of anilines is 1. The molecule has 1 aromatic heterocycles. The molecule has 0 aliphatic carbocycles. The van der Waals surface area contributed by atoms with E-state index in [0.717, 1.165) is 22.8 Å². The molecule has 0 radical (unpaired) electrons. The Kier molecular flexibility index (Phi) is 3.79. The summed E-state index contributed by atoms with van der Waals surface area (Å²) in [5, 5.41) is 2.86. The van der Waals surface area contributed by atoms with Gasteiger partial charge in [0.2, 0.25) is 0 Å². The number of para-hydroxylation sites is 2. The van der Waals surface area contributed by atoms with Gasteiger partial charge in [-0.2, -0.15) is 8.75 Å². The van der Waals surface area contributed by atoms with E-state index in [2.05, 4.69) is 14.1 Å². The van der Waals surface area contributed by atoms with Crippen molar-refractivity contribution < 1.29 is 9.53 Å². The molecule has 5 nitrogen and oxygen atoms in total. The van der Waals surface area contributed by atoms with E-state index in [1.807, 2.05) is 31.2 Å². The fourth-order valence-corrected chi connectivity index (χ4v) is 2.49. The van der Waals surface area contributed by atoms with Crippen molar-refractivity contribution in [2.75, 3.05) is 11.9 Å². The van der Waals surface area contributed by atoms with Crippen LogP contribution in [0.4, 0.5) is 5.69 Å². The third kappa shape index (κ3) is 2.85. The second kappa shape index (κ2) is 5.88. The van der Waals surface area contributed by atoms with Gasteiger partial charge < -0.3 is 10.1 Å². The van der Waals surface area contributed by atoms with Crippen LogP contribution in [0.3, 0.4) is 0 Å². The van der Waals surface area contributed by atoms with Crippen LogP contribution in [0.1, 0.15) is 17.3 Å². The van der Waals surface area contributed by atoms with Gasteiger partial charge in [-0.1, -0.05) is 12.1 Å². The Balaban J connectivity index is 1.85. The summed E-state index contributed by atoms with van der Waals surface area (Å²) in [7, 11) is 0. The lowest BCUT2D eigenvalue weighted by molar-refractivity contribution is 0.102. The van der Waals surface area contributed by atoms with Gasteiger partial charge in [0.1, 0.15) is 16.8 Å². The average Bonchev–Trinajstić information content (AvgIpc) is 2.97. The molecule has 1 amide bonds. The molecule has 1 N–H and O–H groups in total. The fourth-order valence-electron chi connectivity index (χ4n) is 1.97. The maximum absolute atomic E-state index is 12.3. The van der Waals surface area contributed by atoms with Crippen molar-refractivity contribution in [2.24, 2.45) is 0 Å². The fraction of sp³-hybridized carbons (Fsp3) is 0.133. The Morgan fingerprint density at radius 3 is 2.86 bits per heavy atom. The van der Waals surface area contributed by atoms with Gasteiger partial charge in [0, 0.05) is 5.56 Å². The van der Waals surface area contributed by atoms with Crippen LogP contribution in [0.5, 0.6) is 5.75 Å². The quantitative estimate of drug-likeness (QED) is 0.802. The normalized spacial score (nSPS) is 10.5. The van der Waals surface area contributed by atoms with E-state index < -0.39 is 0 Å². The molecule has 2 aromatic carbocycles. The zero-order valence-electron chi connectivity index (χ0n) is 11.4. The summed E-state index contributed by atoms with van der Waals surface area (Å²) in [6.07, 6.45) is 0. The molecule has 0 fully saturated rings. The predicted molar refractivity (Wildman–Crippen MR) is 83.0 cm³/mol. The van der Waals surface area contributed by atoms with Crippen LogP contribution in [-0.4, -0.2) is 21.3 Å². The number of hydrogen-bond donors (Lipinski definition) is 1. The van der Waals surface area contributed by atoms with Gasteiger partial charge in [-0.15, -0.1) is 0 Å². The maximum atomic E-state index is 12.3. The van der Waals surface area contributed by atoms with E-state index in [9.17, 15) is 4.79 Å². The molecule has 0 aliphatic heterocycles. The van der Waals surface area contributed by atoms with Gasteiger partial charge in [-0.05, 0) is 37.3 Å². The first-order valence-electron chi connectivity index (χ1n) is 6.53. The zero-order valence-corrected chi connectivity index (χ0v) is 12.2. The summed E-state index contributed by atoms with van der Waals surface area (Å²) < 4.78 is 13.8. The Hall–Kier alpha value is -2.47. The molecule has 0 unspecified atom stereocenters. The highest BCUT2D eigenvalue weighted by atomic mass is 32.1. The Labute approximate surface area is 125 Å². The number of carbonyl (C=O) groups is 1. The monoisotopic (exact) mass is 299 g/mol. The van der Waals surface area contributed by atoms with Crippen molar-refractivity contribution >= 4 is 34.4 Å². The van der Waals surface area contributed by atoms with Crippen molar-refractivity contribution in [1.29, 1.82) is 0 Å². The van der Waals surface area contributed by atoms with Crippen molar-refractivity contribution in [3.8, 4) is 5.75 Å². The molecule has 0 bridgehead atoms. The minimum atomic E-state index is -0.197. The van der Waals surface area contributed by atoms with E-state index in [0.29, 0.717) is 23.6 Å². The molecule has 3 aromatic rings. The van der Waals surface area contributed by atoms with Crippen LogP contribution in [0, 0.1) is 0 Å². The maximum Gasteiger partial charge on any atom is 0.255 e. The number of ether oxygens (including phenoxy) is 1. The molecule has 6 heteroatoms. The van der Waals surface area contributed by atoms with Crippen molar-refractivity contribution in [3.05, 3.63) is 48.0 Å². The first-order chi connectivity index (χ1) is 10.3. The zero-order chi connectivity index (χ0) is 14.7. The lowest BCUT2D eigenvalue weighted by atomic mass is 10.2. The van der Waals surface area contributed by atoms with Gasteiger partial charge in [0.05, 0.1) is 24.0 Å². The van der Waals surface area contributed by atoms with Crippen molar-refractivity contribution in [3.63, 3.8) is 0 Å². The van der Waals surface area contributed by atoms with Crippen LogP contribution in [0.2, 0.25) is 0 Å². The summed E-state index contributed by atoms with van der Waals surface area (Å²) in [6, 6.07) is 12.6. The van der Waals surface area contributed by atoms with Gasteiger partial charge in [0.25, 0.3) is 5.91 Å². The second-order valence-electron chi connectivity index (χ2n) is 4.35. The smallest absolute Gasteiger partial charge is 0.255 e. The topological polar surface area (TPSA) is 64.1 Å². The van der Waals surface area contributed by atoms with Gasteiger partial charge in [0.15, 0.2) is 0 Å². The molecule has 1 heterocycles. The van der Waals surface area contributed by atoms with E-state index in [1.54, 1.807) is 18.2 Å². The molecule has 3 rings (SSSR count). The highest BCUT2D eigenvalue weighted by molar-refractivity contribution is 7.00. The molecule has 0 spiro atoms. The average molecular weight is 299 g/mol. The van der Waals surface area contributed by atoms with Crippen LogP contribution < -0.4 is 10.1 Å². The van der Waals surface area contributed by atoms with Crippen LogP contribution in [-0.2, 0) is 0 Å². The molecule has 106 valence electrons. The van der Waals surface area contributed by atoms with Crippen molar-refractivity contribution in [2.45, 2.75) is 6.92 Å². The lowest BCUT2D eigenvalue weighted by Gasteiger charge is -2.11. The number of benzene rings is 2. The highest BCUT2D eigenvalue weighted by Gasteiger charge is 2.11. The number of nitrogens with one attached hydrogen (secondary N) is 1. The van der Waals surface area contributed by atoms with Gasteiger partial charge in [-0.3, -0.25) is 4.79 Å². The van der Waals surface area contributed by atoms with E-state index in [1.165, 1.54) is 0 Å². The highest BCUT2D eigenvalue weighted by Crippen LogP contribution is 2.24. The third-order valence-corrected chi connectivity index (χ3v) is 3.51. The second-order valence-corrected chi connectivity index (χ2v) is 4.88. The summed E-state index contributed by atoms with van der Waals surface area (Å²) >= 11 is 1.13. The SMILES string of the molecule is CCOc1ccccc1NC(=O)c1ccc2nsnc2c1. The Bertz CT molecular complexity index is 785. The molecule has 21 heavy (non-hydrogen) atoms. The number of fused-ring (bicyclic) bond motifs is 1. The summed E-state index contributed by atoms with van der Waals surface area (Å²) in [6.45, 7) is 2.45. The molecule has 0 aliphatic rings. The van der Waals surface area contributed by atoms with Gasteiger partial charge >= 0.3 is 0 Å². The van der Waals surface area contributed by atoms with E-state index in [-0.39, 0.29) is 5.91 Å². The minimum Gasteiger partial charge on any atom is -0.492 e. The number of rotatable bonds is 4. The molecular formula is C15H13N3O2S. The minimum absolute atomic E-state index is 0.197. The number of amides is 1. The first-order valence-corrected chi connectivity index (χ1v) is 7.26. The summed E-state index contributed by atoms with van der Waals surface area (Å²) in [5.41, 5.74) is 2.72. The standard InChI is InChI=1S/C15H13N3O2S/c1-2-20-14-6-4-3-5-12(14)16-15(19)10-7-8-11-13(9-10)18-21-17-11/h3-9H,2H2,1H3,(H,16,19). The van der Waals surface area contributed by atoms with E-state index in [4.69, 9.17) is 4.74 Å². The van der Waals surface area contributed by atoms with E-state index >= 15 is 0 Å². The predicted octanol–water partition coefficient (Wildman–Crippen LogP) is 3.34. The van der Waals surface area contributed by atoms with Gasteiger partial charge in [-0.25, -0.2) is 0 Å². The summed E-state index contributed by atoms with van der Waals surface area (Å²) in [5.74, 6) is 0.460. The number of hydrogen-bond acceptors (Lipinski definition) is 5. The van der Waals surface area contributed by atoms with Crippen molar-refractivity contribution in [1.82, 2.24) is 8.75 Å². The number of nitrogens with zero attached hydrogens (tertiary/aromatic N) is 2. The molecule has 0 saturated carbocycles.